The second-order valence-electron chi connectivity index (χ2n) is 6.42. The highest BCUT2D eigenvalue weighted by Crippen LogP contribution is 2.20. The number of aromatic nitrogens is 3. The molecule has 0 saturated heterocycles. The Hall–Kier alpha value is -0.510. The van der Waals surface area contributed by atoms with Gasteiger partial charge in [0.2, 0.25) is 0 Å². The van der Waals surface area contributed by atoms with Gasteiger partial charge in [-0.1, -0.05) is 34.6 Å². The van der Waals surface area contributed by atoms with Crippen molar-refractivity contribution in [3.05, 3.63) is 12.2 Å². The SMILES string of the molecule is CC(C)(C)Cc1ncn(CC(C)(C)CS)n1. The van der Waals surface area contributed by atoms with E-state index in [1.165, 1.54) is 0 Å². The third-order valence-electron chi connectivity index (χ3n) is 2.29. The highest BCUT2D eigenvalue weighted by molar-refractivity contribution is 7.80. The summed E-state index contributed by atoms with van der Waals surface area (Å²) in [4.78, 5) is 4.35. The molecule has 0 bridgehead atoms. The zero-order valence-corrected chi connectivity index (χ0v) is 11.9. The average molecular weight is 241 g/mol. The van der Waals surface area contributed by atoms with Crippen molar-refractivity contribution in [2.75, 3.05) is 5.75 Å². The minimum Gasteiger partial charge on any atom is -0.252 e. The number of hydrogen-bond donors (Lipinski definition) is 1. The molecule has 0 amide bonds. The van der Waals surface area contributed by atoms with Crippen LogP contribution in [0.5, 0.6) is 0 Å². The van der Waals surface area contributed by atoms with Gasteiger partial charge in [-0.3, -0.25) is 4.68 Å². The summed E-state index contributed by atoms with van der Waals surface area (Å²) < 4.78 is 1.93. The second kappa shape index (κ2) is 4.78. The topological polar surface area (TPSA) is 30.7 Å². The fourth-order valence-corrected chi connectivity index (χ4v) is 1.55. The molecule has 4 heteroatoms. The molecule has 0 aromatic carbocycles. The molecule has 16 heavy (non-hydrogen) atoms. The molecule has 1 heterocycles. The lowest BCUT2D eigenvalue weighted by molar-refractivity contribution is 0.330. The standard InChI is InChI=1S/C12H23N3S/c1-11(2,3)6-10-13-9-15(14-10)7-12(4,5)8-16/h9,16H,6-8H2,1-5H3. The van der Waals surface area contributed by atoms with Crippen molar-refractivity contribution in [2.24, 2.45) is 10.8 Å². The van der Waals surface area contributed by atoms with Gasteiger partial charge in [0.15, 0.2) is 5.82 Å². The van der Waals surface area contributed by atoms with Crippen molar-refractivity contribution in [3.8, 4) is 0 Å². The second-order valence-corrected chi connectivity index (χ2v) is 6.73. The summed E-state index contributed by atoms with van der Waals surface area (Å²) >= 11 is 4.35. The molecule has 1 rings (SSSR count). The molecule has 92 valence electrons. The summed E-state index contributed by atoms with van der Waals surface area (Å²) in [5.41, 5.74) is 0.404. The minimum atomic E-state index is 0.163. The summed E-state index contributed by atoms with van der Waals surface area (Å²) in [7, 11) is 0. The van der Waals surface area contributed by atoms with Gasteiger partial charge in [-0.15, -0.1) is 0 Å². The molecule has 1 aromatic heterocycles. The van der Waals surface area contributed by atoms with Gasteiger partial charge in [-0.25, -0.2) is 4.98 Å². The van der Waals surface area contributed by atoms with E-state index >= 15 is 0 Å². The Bertz CT molecular complexity index is 336. The number of rotatable bonds is 4. The van der Waals surface area contributed by atoms with Crippen LogP contribution >= 0.6 is 12.6 Å². The van der Waals surface area contributed by atoms with Gasteiger partial charge < -0.3 is 0 Å². The largest absolute Gasteiger partial charge is 0.252 e. The van der Waals surface area contributed by atoms with E-state index in [2.05, 4.69) is 57.3 Å². The zero-order chi connectivity index (χ0) is 12.4. The molecule has 0 saturated carbocycles. The van der Waals surface area contributed by atoms with Gasteiger partial charge in [0.1, 0.15) is 6.33 Å². The van der Waals surface area contributed by atoms with Crippen LogP contribution in [0.4, 0.5) is 0 Å². The summed E-state index contributed by atoms with van der Waals surface area (Å²) in [6.07, 6.45) is 2.74. The van der Waals surface area contributed by atoms with Gasteiger partial charge in [0, 0.05) is 13.0 Å². The van der Waals surface area contributed by atoms with Crippen LogP contribution in [0.25, 0.3) is 0 Å². The maximum Gasteiger partial charge on any atom is 0.151 e. The summed E-state index contributed by atoms with van der Waals surface area (Å²) in [6.45, 7) is 11.8. The van der Waals surface area contributed by atoms with Crippen molar-refractivity contribution < 1.29 is 0 Å². The van der Waals surface area contributed by atoms with Crippen molar-refractivity contribution >= 4 is 12.6 Å². The zero-order valence-electron chi connectivity index (χ0n) is 11.0. The average Bonchev–Trinajstić information content (AvgIpc) is 2.48. The van der Waals surface area contributed by atoms with Crippen LogP contribution in [0, 0.1) is 10.8 Å². The summed E-state index contributed by atoms with van der Waals surface area (Å²) in [5.74, 6) is 1.78. The maximum atomic E-state index is 4.50. The lowest BCUT2D eigenvalue weighted by Crippen LogP contribution is -2.22. The molecule has 0 radical (unpaired) electrons. The van der Waals surface area contributed by atoms with Crippen LogP contribution < -0.4 is 0 Å². The Morgan fingerprint density at radius 2 is 1.88 bits per heavy atom. The molecule has 0 spiro atoms. The van der Waals surface area contributed by atoms with Gasteiger partial charge >= 0.3 is 0 Å². The third-order valence-corrected chi connectivity index (χ3v) is 3.15. The smallest absolute Gasteiger partial charge is 0.151 e. The van der Waals surface area contributed by atoms with E-state index in [1.807, 2.05) is 11.0 Å². The maximum absolute atomic E-state index is 4.50. The van der Waals surface area contributed by atoms with Gasteiger partial charge in [0.25, 0.3) is 0 Å². The fourth-order valence-electron chi connectivity index (χ4n) is 1.45. The molecule has 0 unspecified atom stereocenters. The Labute approximate surface area is 104 Å². The van der Waals surface area contributed by atoms with Crippen LogP contribution in [-0.4, -0.2) is 20.5 Å². The van der Waals surface area contributed by atoms with Crippen molar-refractivity contribution in [1.29, 1.82) is 0 Å². The quantitative estimate of drug-likeness (QED) is 0.822. The molecule has 0 atom stereocenters. The molecule has 3 nitrogen and oxygen atoms in total. The Morgan fingerprint density at radius 3 is 2.38 bits per heavy atom. The van der Waals surface area contributed by atoms with Crippen molar-refractivity contribution in [3.63, 3.8) is 0 Å². The molecular formula is C12H23N3S. The van der Waals surface area contributed by atoms with Crippen molar-refractivity contribution in [2.45, 2.75) is 47.6 Å². The van der Waals surface area contributed by atoms with E-state index in [9.17, 15) is 0 Å². The van der Waals surface area contributed by atoms with Gasteiger partial charge in [-0.2, -0.15) is 17.7 Å². The van der Waals surface area contributed by atoms with E-state index < -0.39 is 0 Å². The Balaban J connectivity index is 2.65. The van der Waals surface area contributed by atoms with E-state index in [1.54, 1.807) is 0 Å². The number of nitrogens with zero attached hydrogens (tertiary/aromatic N) is 3. The van der Waals surface area contributed by atoms with E-state index in [-0.39, 0.29) is 10.8 Å². The molecule has 0 aliphatic heterocycles. The molecular weight excluding hydrogens is 218 g/mol. The van der Waals surface area contributed by atoms with Crippen LogP contribution in [0.15, 0.2) is 6.33 Å². The first-order chi connectivity index (χ1) is 7.22. The summed E-state index contributed by atoms with van der Waals surface area (Å²) in [5, 5.41) is 4.50. The van der Waals surface area contributed by atoms with Crippen LogP contribution in [0.1, 0.15) is 40.4 Å². The lowest BCUT2D eigenvalue weighted by atomic mass is 9.92. The van der Waals surface area contributed by atoms with E-state index in [0.717, 1.165) is 24.5 Å². The van der Waals surface area contributed by atoms with Gasteiger partial charge in [-0.05, 0) is 16.6 Å². The molecule has 1 aromatic rings. The number of thiol groups is 1. The Morgan fingerprint density at radius 1 is 1.25 bits per heavy atom. The van der Waals surface area contributed by atoms with E-state index in [0.29, 0.717) is 0 Å². The fraction of sp³-hybridized carbons (Fsp3) is 0.833. The van der Waals surface area contributed by atoms with Gasteiger partial charge in [0.05, 0.1) is 0 Å². The molecule has 0 aliphatic carbocycles. The third kappa shape index (κ3) is 4.56. The van der Waals surface area contributed by atoms with Crippen LogP contribution in [0.3, 0.4) is 0 Å². The Kier molecular flexibility index (Phi) is 4.05. The predicted molar refractivity (Wildman–Crippen MR) is 70.8 cm³/mol. The van der Waals surface area contributed by atoms with Crippen molar-refractivity contribution in [1.82, 2.24) is 14.8 Å². The predicted octanol–water partition coefficient (Wildman–Crippen LogP) is 2.82. The monoisotopic (exact) mass is 241 g/mol. The first-order valence-electron chi connectivity index (χ1n) is 5.71. The van der Waals surface area contributed by atoms with E-state index in [4.69, 9.17) is 0 Å². The lowest BCUT2D eigenvalue weighted by Gasteiger charge is -2.21. The first kappa shape index (κ1) is 13.6. The van der Waals surface area contributed by atoms with Crippen LogP contribution in [-0.2, 0) is 13.0 Å². The highest BCUT2D eigenvalue weighted by atomic mass is 32.1. The molecule has 0 N–H and O–H groups in total. The first-order valence-corrected chi connectivity index (χ1v) is 6.34. The molecule has 0 aliphatic rings. The highest BCUT2D eigenvalue weighted by Gasteiger charge is 2.19. The molecule has 0 fully saturated rings. The minimum absolute atomic E-state index is 0.163. The van der Waals surface area contributed by atoms with Crippen LogP contribution in [0.2, 0.25) is 0 Å². The number of hydrogen-bond acceptors (Lipinski definition) is 3. The normalized spacial score (nSPS) is 13.1. The summed E-state index contributed by atoms with van der Waals surface area (Å²) in [6, 6.07) is 0.